The Balaban J connectivity index is 1.98. The number of carbonyl (C=O) groups is 1. The lowest BCUT2D eigenvalue weighted by Gasteiger charge is -2.29. The quantitative estimate of drug-likeness (QED) is 0.707. The smallest absolute Gasteiger partial charge is 0.320 e. The molecule has 1 aliphatic heterocycles. The molecule has 26 heavy (non-hydrogen) atoms. The Morgan fingerprint density at radius 1 is 1.35 bits per heavy atom. The first-order valence-corrected chi connectivity index (χ1v) is 8.29. The zero-order chi connectivity index (χ0) is 18.5. The van der Waals surface area contributed by atoms with Crippen LogP contribution in [0.25, 0.3) is 0 Å². The van der Waals surface area contributed by atoms with Gasteiger partial charge < -0.3 is 5.32 Å². The molecule has 7 nitrogen and oxygen atoms in total. The summed E-state index contributed by atoms with van der Waals surface area (Å²) in [5.41, 5.74) is -1.17. The van der Waals surface area contributed by atoms with E-state index >= 15 is 0 Å². The number of alkyl halides is 3. The molecule has 1 unspecified atom stereocenters. The molecule has 11 heteroatoms. The van der Waals surface area contributed by atoms with E-state index in [1.807, 2.05) is 0 Å². The number of anilines is 1. The molecule has 0 aliphatic carbocycles. The fourth-order valence-electron chi connectivity index (χ4n) is 2.86. The molecule has 134 valence electrons. The van der Waals surface area contributed by atoms with Crippen LogP contribution in [0.3, 0.4) is 0 Å². The van der Waals surface area contributed by atoms with Crippen LogP contribution in [0.15, 0.2) is 47.5 Å². The van der Waals surface area contributed by atoms with Crippen molar-refractivity contribution in [1.29, 1.82) is 0 Å². The molecular formula is C15H11F3N6OS. The Labute approximate surface area is 148 Å². The number of nitrogens with zero attached hydrogens (tertiary/aromatic N) is 5. The number of aryl methyl sites for hydroxylation is 1. The first kappa shape index (κ1) is 16.5. The van der Waals surface area contributed by atoms with E-state index in [9.17, 15) is 18.0 Å². The fraction of sp³-hybridized carbons (Fsp3) is 0.200. The second-order valence-electron chi connectivity index (χ2n) is 5.60. The van der Waals surface area contributed by atoms with Crippen molar-refractivity contribution in [2.45, 2.75) is 12.2 Å². The van der Waals surface area contributed by atoms with E-state index in [0.717, 1.165) is 17.7 Å². The predicted octanol–water partition coefficient (Wildman–Crippen LogP) is 2.79. The summed E-state index contributed by atoms with van der Waals surface area (Å²) in [6, 6.07) is 2.02. The number of thiophene rings is 1. The highest BCUT2D eigenvalue weighted by Gasteiger charge is 2.46. The van der Waals surface area contributed by atoms with Gasteiger partial charge in [0, 0.05) is 18.8 Å². The minimum absolute atomic E-state index is 0.0890. The number of fused-ring (bicyclic) bond motifs is 1. The molecular weight excluding hydrogens is 369 g/mol. The molecule has 1 atom stereocenters. The minimum atomic E-state index is -4.76. The molecule has 0 bridgehead atoms. The number of nitrogens with one attached hydrogen (secondary N) is 1. The van der Waals surface area contributed by atoms with E-state index in [1.165, 1.54) is 21.6 Å². The number of hydrogen-bond acceptors (Lipinski definition) is 6. The normalized spacial score (nSPS) is 17.2. The van der Waals surface area contributed by atoms with E-state index in [0.29, 0.717) is 5.56 Å². The van der Waals surface area contributed by atoms with Crippen LogP contribution in [0, 0.1) is 0 Å². The third-order valence-electron chi connectivity index (χ3n) is 3.91. The van der Waals surface area contributed by atoms with Gasteiger partial charge in [-0.2, -0.15) is 28.4 Å². The van der Waals surface area contributed by atoms with Crippen molar-refractivity contribution in [3.05, 3.63) is 57.9 Å². The second-order valence-corrected chi connectivity index (χ2v) is 6.54. The number of allylic oxidation sites excluding steroid dienone is 2. The van der Waals surface area contributed by atoms with Crippen LogP contribution < -0.4 is 5.32 Å². The van der Waals surface area contributed by atoms with Crippen LogP contribution >= 0.6 is 11.3 Å². The Morgan fingerprint density at radius 3 is 2.77 bits per heavy atom. The molecule has 0 saturated carbocycles. The van der Waals surface area contributed by atoms with Gasteiger partial charge in [0.25, 0.3) is 0 Å². The lowest BCUT2D eigenvalue weighted by Crippen LogP contribution is -2.34. The highest BCUT2D eigenvalue weighted by molar-refractivity contribution is 7.12. The first-order chi connectivity index (χ1) is 12.4. The van der Waals surface area contributed by atoms with Crippen LogP contribution in [0.2, 0.25) is 0 Å². The number of ketones is 1. The van der Waals surface area contributed by atoms with Gasteiger partial charge in [-0.05, 0) is 11.4 Å². The summed E-state index contributed by atoms with van der Waals surface area (Å²) in [5, 5.41) is 11.9. The van der Waals surface area contributed by atoms with Gasteiger partial charge in [0.15, 0.2) is 0 Å². The summed E-state index contributed by atoms with van der Waals surface area (Å²) in [5.74, 6) is -0.802. The van der Waals surface area contributed by atoms with Gasteiger partial charge in [-0.25, -0.2) is 4.68 Å². The molecule has 4 rings (SSSR count). The number of halogens is 3. The van der Waals surface area contributed by atoms with E-state index in [4.69, 9.17) is 0 Å². The fourth-order valence-corrected chi connectivity index (χ4v) is 3.54. The lowest BCUT2D eigenvalue weighted by molar-refractivity contribution is -0.0918. The monoisotopic (exact) mass is 380 g/mol. The predicted molar refractivity (Wildman–Crippen MR) is 86.7 cm³/mol. The van der Waals surface area contributed by atoms with Crippen LogP contribution in [0.4, 0.5) is 19.1 Å². The van der Waals surface area contributed by atoms with Crippen LogP contribution in [0.1, 0.15) is 21.3 Å². The molecule has 3 aromatic heterocycles. The first-order valence-electron chi connectivity index (χ1n) is 7.41. The SMILES string of the molecule is Cn1cc(C2C(C(=O)c3cccs3)=C(C(F)(F)F)Nc3ncnn32)cn1. The van der Waals surface area contributed by atoms with Crippen molar-refractivity contribution in [1.82, 2.24) is 24.5 Å². The van der Waals surface area contributed by atoms with Gasteiger partial charge in [-0.15, -0.1) is 11.3 Å². The number of carbonyl (C=O) groups excluding carboxylic acids is 1. The van der Waals surface area contributed by atoms with E-state index in [-0.39, 0.29) is 10.8 Å². The molecule has 1 N–H and O–H groups in total. The average molecular weight is 380 g/mol. The van der Waals surface area contributed by atoms with Gasteiger partial charge >= 0.3 is 6.18 Å². The largest absolute Gasteiger partial charge is 0.431 e. The van der Waals surface area contributed by atoms with Crippen LogP contribution in [0.5, 0.6) is 0 Å². The van der Waals surface area contributed by atoms with E-state index in [1.54, 1.807) is 24.7 Å². The molecule has 1 aliphatic rings. The maximum absolute atomic E-state index is 13.7. The summed E-state index contributed by atoms with van der Waals surface area (Å²) in [4.78, 5) is 17.0. The maximum atomic E-state index is 13.7. The number of Topliss-reactive ketones (excluding diaryl/α,β-unsaturated/α-hetero) is 1. The number of rotatable bonds is 3. The van der Waals surface area contributed by atoms with Crippen molar-refractivity contribution in [2.75, 3.05) is 5.32 Å². The van der Waals surface area contributed by atoms with Gasteiger partial charge in [-0.1, -0.05) is 6.07 Å². The molecule has 0 fully saturated rings. The van der Waals surface area contributed by atoms with E-state index in [2.05, 4.69) is 20.5 Å². The highest BCUT2D eigenvalue weighted by Crippen LogP contribution is 2.42. The Hall–Kier alpha value is -2.95. The zero-order valence-electron chi connectivity index (χ0n) is 13.2. The van der Waals surface area contributed by atoms with Gasteiger partial charge in [0.1, 0.15) is 18.1 Å². The molecule has 0 saturated heterocycles. The molecule has 3 aromatic rings. The van der Waals surface area contributed by atoms with Gasteiger partial charge in [0.05, 0.1) is 16.6 Å². The molecule has 0 amide bonds. The van der Waals surface area contributed by atoms with E-state index < -0.39 is 29.3 Å². The number of hydrogen-bond donors (Lipinski definition) is 1. The van der Waals surface area contributed by atoms with Gasteiger partial charge in [-0.3, -0.25) is 9.48 Å². The Morgan fingerprint density at radius 2 is 2.15 bits per heavy atom. The summed E-state index contributed by atoms with van der Waals surface area (Å²) in [6.45, 7) is 0. The summed E-state index contributed by atoms with van der Waals surface area (Å²) >= 11 is 1.08. The number of aromatic nitrogens is 5. The molecule has 0 radical (unpaired) electrons. The van der Waals surface area contributed by atoms with Crippen molar-refractivity contribution in [3.63, 3.8) is 0 Å². The molecule has 0 spiro atoms. The molecule has 0 aromatic carbocycles. The standard InChI is InChI=1S/C15H11F3N6OS/c1-23-6-8(5-20-23)11-10(12(25)9-3-2-4-26-9)13(15(16,17)18)22-14-19-7-21-24(11)14/h2-7,11H,1H3,(H,19,21,22). The maximum Gasteiger partial charge on any atom is 0.431 e. The van der Waals surface area contributed by atoms with Crippen molar-refractivity contribution >= 4 is 23.1 Å². The van der Waals surface area contributed by atoms with Gasteiger partial charge in [0.2, 0.25) is 11.7 Å². The average Bonchev–Trinajstić information content (AvgIpc) is 3.32. The Kier molecular flexibility index (Phi) is 3.68. The second kappa shape index (κ2) is 5.80. The Bertz CT molecular complexity index is 1000. The van der Waals surface area contributed by atoms with Crippen LogP contribution in [-0.2, 0) is 7.05 Å². The van der Waals surface area contributed by atoms with Crippen molar-refractivity contribution < 1.29 is 18.0 Å². The third kappa shape index (κ3) is 2.60. The van der Waals surface area contributed by atoms with Crippen molar-refractivity contribution in [2.24, 2.45) is 7.05 Å². The molecule has 4 heterocycles. The highest BCUT2D eigenvalue weighted by atomic mass is 32.1. The summed E-state index contributed by atoms with van der Waals surface area (Å²) in [7, 11) is 1.64. The van der Waals surface area contributed by atoms with Crippen LogP contribution in [-0.4, -0.2) is 36.5 Å². The minimum Gasteiger partial charge on any atom is -0.320 e. The summed E-state index contributed by atoms with van der Waals surface area (Å²) < 4.78 is 43.9. The summed E-state index contributed by atoms with van der Waals surface area (Å²) in [6.07, 6.45) is -0.660. The third-order valence-corrected chi connectivity index (χ3v) is 4.78. The van der Waals surface area contributed by atoms with Crippen molar-refractivity contribution in [3.8, 4) is 0 Å². The lowest BCUT2D eigenvalue weighted by atomic mass is 9.93. The zero-order valence-corrected chi connectivity index (χ0v) is 14.0. The topological polar surface area (TPSA) is 77.6 Å².